The van der Waals surface area contributed by atoms with Crippen LogP contribution in [0.4, 0.5) is 11.4 Å². The molecular weight excluding hydrogens is 434 g/mol. The van der Waals surface area contributed by atoms with Crippen LogP contribution in [-0.4, -0.2) is 67.7 Å². The fourth-order valence-corrected chi connectivity index (χ4v) is 4.45. The lowest BCUT2D eigenvalue weighted by Crippen LogP contribution is -2.36. The summed E-state index contributed by atoms with van der Waals surface area (Å²) in [4.78, 5) is 26.4. The van der Waals surface area contributed by atoms with Gasteiger partial charge in [0.2, 0.25) is 5.91 Å². The van der Waals surface area contributed by atoms with Crippen molar-refractivity contribution in [1.29, 1.82) is 0 Å². The van der Waals surface area contributed by atoms with Gasteiger partial charge in [-0.3, -0.25) is 4.79 Å². The molecule has 0 bridgehead atoms. The molecule has 33 heavy (non-hydrogen) atoms. The van der Waals surface area contributed by atoms with Crippen molar-refractivity contribution in [3.63, 3.8) is 0 Å². The van der Waals surface area contributed by atoms with Crippen molar-refractivity contribution in [3.05, 3.63) is 72.2 Å². The second-order valence-corrected chi connectivity index (χ2v) is 9.26. The Hall–Kier alpha value is -2.94. The van der Waals surface area contributed by atoms with Crippen LogP contribution >= 0.6 is 11.8 Å². The topological polar surface area (TPSA) is 70.6 Å². The number of carbonyl (C=O) groups is 1. The van der Waals surface area contributed by atoms with E-state index in [4.69, 9.17) is 9.72 Å². The monoisotopic (exact) mass is 463 g/mol. The Morgan fingerprint density at radius 1 is 1.12 bits per heavy atom. The highest BCUT2D eigenvalue weighted by Crippen LogP contribution is 2.28. The van der Waals surface area contributed by atoms with E-state index in [0.29, 0.717) is 13.0 Å². The number of aromatic nitrogens is 2. The number of carbonyl (C=O) groups excluding carboxylic acids is 1. The highest BCUT2D eigenvalue weighted by atomic mass is 32.2. The predicted molar refractivity (Wildman–Crippen MR) is 132 cm³/mol. The molecule has 2 heterocycles. The molecule has 0 saturated carbocycles. The van der Waals surface area contributed by atoms with Gasteiger partial charge < -0.3 is 19.9 Å². The summed E-state index contributed by atoms with van der Waals surface area (Å²) in [5, 5.41) is 3.81. The summed E-state index contributed by atoms with van der Waals surface area (Å²) < 4.78 is 5.43. The van der Waals surface area contributed by atoms with E-state index >= 15 is 0 Å². The molecule has 1 N–H and O–H groups in total. The maximum atomic E-state index is 12.0. The Labute approximate surface area is 199 Å². The molecule has 8 heteroatoms. The summed E-state index contributed by atoms with van der Waals surface area (Å²) in [6.45, 7) is 3.78. The van der Waals surface area contributed by atoms with Crippen molar-refractivity contribution in [2.24, 2.45) is 0 Å². The van der Waals surface area contributed by atoms with E-state index in [9.17, 15) is 4.79 Å². The Bertz CT molecular complexity index is 1070. The molecule has 1 fully saturated rings. The van der Waals surface area contributed by atoms with Gasteiger partial charge in [0.25, 0.3) is 0 Å². The number of rotatable bonds is 8. The van der Waals surface area contributed by atoms with Crippen LogP contribution in [0.15, 0.2) is 70.7 Å². The van der Waals surface area contributed by atoms with Gasteiger partial charge in [-0.15, -0.1) is 0 Å². The second kappa shape index (κ2) is 11.3. The van der Waals surface area contributed by atoms with Gasteiger partial charge in [-0.05, 0) is 56.1 Å². The Balaban J connectivity index is 1.38. The largest absolute Gasteiger partial charge is 0.378 e. The summed E-state index contributed by atoms with van der Waals surface area (Å²) in [5.74, 6) is 0.751. The van der Waals surface area contributed by atoms with Gasteiger partial charge in [0.15, 0.2) is 0 Å². The van der Waals surface area contributed by atoms with Crippen LogP contribution in [0.25, 0.3) is 0 Å². The molecule has 0 spiro atoms. The van der Waals surface area contributed by atoms with Crippen molar-refractivity contribution in [3.8, 4) is 0 Å². The average molecular weight is 464 g/mol. The zero-order valence-corrected chi connectivity index (χ0v) is 19.8. The SMILES string of the molecule is CN(C)CC(=O)Nc1cccc(Sc2ccnc(Cc3ccc(N4CCOCC4)cc3)n2)c1. The molecule has 1 amide bonds. The number of morpholine rings is 1. The smallest absolute Gasteiger partial charge is 0.238 e. The highest BCUT2D eigenvalue weighted by molar-refractivity contribution is 7.99. The van der Waals surface area contributed by atoms with Gasteiger partial charge in [-0.25, -0.2) is 9.97 Å². The van der Waals surface area contributed by atoms with E-state index in [0.717, 1.165) is 47.7 Å². The lowest BCUT2D eigenvalue weighted by atomic mass is 10.1. The Morgan fingerprint density at radius 3 is 2.67 bits per heavy atom. The van der Waals surface area contributed by atoms with Crippen LogP contribution in [0.5, 0.6) is 0 Å². The standard InChI is InChI=1S/C25H29N5O2S/c1-29(2)18-24(31)27-20-4-3-5-22(17-20)33-25-10-11-26-23(28-25)16-19-6-8-21(9-7-19)30-12-14-32-15-13-30/h3-11,17H,12-16,18H2,1-2H3,(H,27,31). The molecule has 0 unspecified atom stereocenters. The molecule has 0 radical (unpaired) electrons. The van der Waals surface area contributed by atoms with Crippen LogP contribution in [0, 0.1) is 0 Å². The van der Waals surface area contributed by atoms with Crippen molar-refractivity contribution in [2.45, 2.75) is 16.3 Å². The molecule has 1 aliphatic heterocycles. The number of ether oxygens (including phenoxy) is 1. The zero-order valence-electron chi connectivity index (χ0n) is 19.0. The number of benzene rings is 2. The summed E-state index contributed by atoms with van der Waals surface area (Å²) in [7, 11) is 3.74. The summed E-state index contributed by atoms with van der Waals surface area (Å²) in [6.07, 6.45) is 2.48. The number of anilines is 2. The Morgan fingerprint density at radius 2 is 1.91 bits per heavy atom. The maximum absolute atomic E-state index is 12.0. The first-order valence-corrected chi connectivity index (χ1v) is 11.8. The van der Waals surface area contributed by atoms with Gasteiger partial charge in [-0.2, -0.15) is 0 Å². The number of hydrogen-bond donors (Lipinski definition) is 1. The van der Waals surface area contributed by atoms with E-state index < -0.39 is 0 Å². The average Bonchev–Trinajstić information content (AvgIpc) is 2.80. The molecule has 0 atom stereocenters. The van der Waals surface area contributed by atoms with Crippen LogP contribution in [0.2, 0.25) is 0 Å². The predicted octanol–water partition coefficient (Wildman–Crippen LogP) is 3.56. The first-order valence-electron chi connectivity index (χ1n) is 11.0. The van der Waals surface area contributed by atoms with E-state index in [1.807, 2.05) is 49.3 Å². The Kier molecular flexibility index (Phi) is 7.93. The molecular formula is C25H29N5O2S. The molecule has 3 aromatic rings. The van der Waals surface area contributed by atoms with Crippen LogP contribution in [0.1, 0.15) is 11.4 Å². The van der Waals surface area contributed by atoms with E-state index in [2.05, 4.69) is 39.5 Å². The number of hydrogen-bond acceptors (Lipinski definition) is 7. The van der Waals surface area contributed by atoms with Gasteiger partial charge >= 0.3 is 0 Å². The van der Waals surface area contributed by atoms with Crippen molar-refractivity contribution in [1.82, 2.24) is 14.9 Å². The fraction of sp³-hybridized carbons (Fsp3) is 0.320. The van der Waals surface area contributed by atoms with Gasteiger partial charge in [-0.1, -0.05) is 30.0 Å². The van der Waals surface area contributed by atoms with Crippen LogP contribution < -0.4 is 10.2 Å². The lowest BCUT2D eigenvalue weighted by molar-refractivity contribution is -0.116. The van der Waals surface area contributed by atoms with E-state index in [-0.39, 0.29) is 5.91 Å². The first kappa shape index (κ1) is 23.2. The molecule has 2 aromatic carbocycles. The number of nitrogens with zero attached hydrogens (tertiary/aromatic N) is 4. The third-order valence-corrected chi connectivity index (χ3v) is 6.08. The van der Waals surface area contributed by atoms with Crippen LogP contribution in [0.3, 0.4) is 0 Å². The summed E-state index contributed by atoms with van der Waals surface area (Å²) in [5.41, 5.74) is 3.19. The molecule has 172 valence electrons. The summed E-state index contributed by atoms with van der Waals surface area (Å²) >= 11 is 1.56. The second-order valence-electron chi connectivity index (χ2n) is 8.17. The molecule has 4 rings (SSSR count). The van der Waals surface area contributed by atoms with Crippen LogP contribution in [-0.2, 0) is 16.0 Å². The van der Waals surface area contributed by atoms with Gasteiger partial charge in [0.1, 0.15) is 10.9 Å². The minimum atomic E-state index is -0.0360. The number of nitrogens with one attached hydrogen (secondary N) is 1. The van der Waals surface area contributed by atoms with Crippen molar-refractivity contribution in [2.75, 3.05) is 57.2 Å². The number of amides is 1. The maximum Gasteiger partial charge on any atom is 0.238 e. The van der Waals surface area contributed by atoms with Crippen molar-refractivity contribution < 1.29 is 9.53 Å². The van der Waals surface area contributed by atoms with E-state index in [1.165, 1.54) is 11.3 Å². The molecule has 0 aliphatic carbocycles. The lowest BCUT2D eigenvalue weighted by Gasteiger charge is -2.28. The van der Waals surface area contributed by atoms with E-state index in [1.54, 1.807) is 18.0 Å². The highest BCUT2D eigenvalue weighted by Gasteiger charge is 2.11. The minimum absolute atomic E-state index is 0.0360. The third-order valence-electron chi connectivity index (χ3n) is 5.15. The normalized spacial score (nSPS) is 13.8. The van der Waals surface area contributed by atoms with Crippen molar-refractivity contribution >= 4 is 29.0 Å². The molecule has 1 aliphatic rings. The first-order chi connectivity index (χ1) is 16.0. The zero-order chi connectivity index (χ0) is 23.0. The number of likely N-dealkylation sites (N-methyl/N-ethyl adjacent to an activating group) is 1. The fourth-order valence-electron chi connectivity index (χ4n) is 3.60. The summed E-state index contributed by atoms with van der Waals surface area (Å²) in [6, 6.07) is 18.3. The molecule has 1 aromatic heterocycles. The van der Waals surface area contributed by atoms with Gasteiger partial charge in [0.05, 0.1) is 19.8 Å². The minimum Gasteiger partial charge on any atom is -0.378 e. The third kappa shape index (κ3) is 7.02. The molecule has 7 nitrogen and oxygen atoms in total. The molecule has 1 saturated heterocycles. The quantitative estimate of drug-likeness (QED) is 0.512. The van der Waals surface area contributed by atoms with Gasteiger partial charge in [0, 0.05) is 42.0 Å².